The fourth-order valence-electron chi connectivity index (χ4n) is 6.84. The predicted octanol–water partition coefficient (Wildman–Crippen LogP) is 13.0. The molecule has 4 heterocycles. The molecule has 6 heteroatoms. The average Bonchev–Trinajstić information content (AvgIpc) is 4.06. The van der Waals surface area contributed by atoms with Gasteiger partial charge in [-0.3, -0.25) is 16.3 Å². The first-order chi connectivity index (χ1) is 29.5. The van der Waals surface area contributed by atoms with Crippen molar-refractivity contribution in [1.29, 1.82) is 0 Å². The topological polar surface area (TPSA) is 35.6 Å². The molecule has 1 radical (unpaired) electrons. The number of hydrogen-bond acceptors (Lipinski definition) is 3. The van der Waals surface area contributed by atoms with Crippen LogP contribution in [0, 0.1) is 25.2 Å². The second-order valence-corrected chi connectivity index (χ2v) is 13.8. The van der Waals surface area contributed by atoms with Crippen molar-refractivity contribution in [3.05, 3.63) is 205 Å². The van der Waals surface area contributed by atoms with Crippen LogP contribution in [0.25, 0.3) is 77.4 Å². The zero-order valence-corrected chi connectivity index (χ0v) is 33.1. The van der Waals surface area contributed by atoms with Gasteiger partial charge in [0.15, 0.2) is 0 Å². The molecule has 0 fully saturated rings. The molecule has 0 saturated carbocycles. The van der Waals surface area contributed by atoms with Crippen LogP contribution in [-0.2, 0) is 20.1 Å². The molecule has 0 aliphatic heterocycles. The quantitative estimate of drug-likeness (QED) is 0.156. The number of benzene rings is 6. The van der Waals surface area contributed by atoms with Gasteiger partial charge in [0.25, 0.3) is 0 Å². The molecular weight excluding hydrogens is 881 g/mol. The fraction of sp³-hybridized carbons (Fsp3) is 0.0400. The minimum atomic E-state index is -2.18. The Hall–Kier alpha value is -6.17. The number of pyridine rings is 1. The molecule has 0 spiro atoms. The molecule has 0 aliphatic rings. The second-order valence-electron chi connectivity index (χ2n) is 13.0. The molecule has 4 aromatic heterocycles. The maximum atomic E-state index is 7.28. The molecule has 0 bridgehead atoms. The minimum absolute atomic E-state index is 0. The van der Waals surface area contributed by atoms with Crippen LogP contribution >= 0.6 is 11.3 Å². The summed E-state index contributed by atoms with van der Waals surface area (Å²) in [4.78, 5) is 9.35. The zero-order chi connectivity index (χ0) is 42.1. The molecule has 273 valence electrons. The molecule has 56 heavy (non-hydrogen) atoms. The van der Waals surface area contributed by atoms with E-state index >= 15 is 0 Å². The molecule has 10 rings (SSSR count). The minimum Gasteiger partial charge on any atom is -0.332 e. The third-order valence-corrected chi connectivity index (χ3v) is 10.3. The van der Waals surface area contributed by atoms with E-state index in [1.165, 1.54) is 29.1 Å². The van der Waals surface area contributed by atoms with Crippen molar-refractivity contribution in [2.75, 3.05) is 0 Å². The van der Waals surface area contributed by atoms with E-state index in [-0.39, 0.29) is 31.2 Å². The number of imidazole rings is 1. The summed E-state index contributed by atoms with van der Waals surface area (Å²) < 4.78 is 49.3. The number of thiophene rings is 1. The smallest absolute Gasteiger partial charge is 0.0774 e. The number of fused-ring (bicyclic) bond motifs is 2. The van der Waals surface area contributed by atoms with Crippen molar-refractivity contribution < 1.29 is 28.3 Å². The molecule has 0 N–H and O–H groups in total. The van der Waals surface area contributed by atoms with E-state index < -0.39 is 13.7 Å². The first-order valence-electron chi connectivity index (χ1n) is 20.8. The third kappa shape index (κ3) is 7.30. The van der Waals surface area contributed by atoms with Gasteiger partial charge >= 0.3 is 0 Å². The van der Waals surface area contributed by atoms with Crippen LogP contribution in [0.15, 0.2) is 182 Å². The predicted molar refractivity (Wildman–Crippen MR) is 229 cm³/mol. The Morgan fingerprint density at radius 1 is 0.661 bits per heavy atom. The van der Waals surface area contributed by atoms with Crippen LogP contribution in [0.4, 0.5) is 0 Å². The van der Waals surface area contributed by atoms with Crippen LogP contribution in [-0.4, -0.2) is 19.1 Å². The summed E-state index contributed by atoms with van der Waals surface area (Å²) in [6.07, 6.45) is 5.46. The first kappa shape index (κ1) is 30.1. The molecule has 0 aliphatic carbocycles. The maximum Gasteiger partial charge on any atom is 0.0774 e. The third-order valence-electron chi connectivity index (χ3n) is 9.46. The van der Waals surface area contributed by atoms with E-state index in [9.17, 15) is 0 Å². The summed E-state index contributed by atoms with van der Waals surface area (Å²) in [6, 6.07) is 57.4. The standard InChI is InChI=1S/C37H24N3S.C13H12N.Ir/c1-3-12-26(13-4-1)29-16-11-17-30(27-14-5-2-6-15-27)36(29)40-34-19-8-7-18-33(34)38-37(40)32-25-41-35-21-20-28(24-31(32)35)39-22-9-10-23-39;1-10-3-6-12(7-4-10)13-8-5-11(2)9-14-13;/h1-24H;3-6,8-9H,1-2H3;/q2*-1;/i;1D3,2D3;. The van der Waals surface area contributed by atoms with Crippen molar-refractivity contribution in [2.24, 2.45) is 0 Å². The van der Waals surface area contributed by atoms with Crippen LogP contribution in [0.1, 0.15) is 19.4 Å². The van der Waals surface area contributed by atoms with Crippen LogP contribution < -0.4 is 0 Å². The van der Waals surface area contributed by atoms with Crippen molar-refractivity contribution in [1.82, 2.24) is 19.1 Å². The van der Waals surface area contributed by atoms with E-state index in [0.717, 1.165) is 61.4 Å². The second kappa shape index (κ2) is 16.3. The molecule has 10 aromatic rings. The summed E-state index contributed by atoms with van der Waals surface area (Å²) in [5.74, 6) is 0.891. The first-order valence-corrected chi connectivity index (χ1v) is 18.6. The number of nitrogens with zero attached hydrogens (tertiary/aromatic N) is 4. The van der Waals surface area contributed by atoms with Gasteiger partial charge in [0, 0.05) is 63.7 Å². The van der Waals surface area contributed by atoms with E-state index in [2.05, 4.69) is 171 Å². The van der Waals surface area contributed by atoms with Crippen molar-refractivity contribution in [3.8, 4) is 56.3 Å². The summed E-state index contributed by atoms with van der Waals surface area (Å²) >= 11 is 1.64. The summed E-state index contributed by atoms with van der Waals surface area (Å²) in [6.45, 7) is -4.34. The number of rotatable bonds is 6. The van der Waals surface area contributed by atoms with Gasteiger partial charge in [-0.25, -0.2) is 0 Å². The normalized spacial score (nSPS) is 12.9. The van der Waals surface area contributed by atoms with Gasteiger partial charge in [0.2, 0.25) is 0 Å². The zero-order valence-electron chi connectivity index (χ0n) is 35.9. The Kier molecular flexibility index (Phi) is 8.75. The summed E-state index contributed by atoms with van der Waals surface area (Å²) in [5, 5.41) is 4.79. The van der Waals surface area contributed by atoms with Crippen LogP contribution in [0.5, 0.6) is 0 Å². The van der Waals surface area contributed by atoms with Crippen molar-refractivity contribution >= 4 is 32.5 Å². The Morgan fingerprint density at radius 3 is 2.02 bits per heavy atom. The Balaban J connectivity index is 0.000000214. The molecule has 0 unspecified atom stereocenters. The van der Waals surface area contributed by atoms with E-state index in [0.29, 0.717) is 11.3 Å². The maximum absolute atomic E-state index is 7.28. The van der Waals surface area contributed by atoms with Gasteiger partial charge in [0.05, 0.1) is 22.5 Å². The van der Waals surface area contributed by atoms with Gasteiger partial charge in [0.1, 0.15) is 0 Å². The SMILES string of the molecule is [2H]C([2H])([2H])c1c[c-]c(-c2ccc(C([2H])([2H])[2H])cn2)cc1.[Ir].[c-]1sc2ccc(-n3cccc3)cc2c1-c1nc2ccccc2n1-c1c(-c2ccccc2)cccc1-c1ccccc1. The van der Waals surface area contributed by atoms with Crippen molar-refractivity contribution in [2.45, 2.75) is 13.7 Å². The monoisotopic (exact) mass is 923 g/mol. The van der Waals surface area contributed by atoms with Gasteiger partial charge in [-0.05, 0) is 59.6 Å². The molecule has 4 nitrogen and oxygen atoms in total. The van der Waals surface area contributed by atoms with E-state index in [1.807, 2.05) is 0 Å². The number of aromatic nitrogens is 4. The number of para-hydroxylation sites is 3. The Labute approximate surface area is 353 Å². The number of aryl methyl sites for hydroxylation is 2. The van der Waals surface area contributed by atoms with Crippen LogP contribution in [0.2, 0.25) is 0 Å². The van der Waals surface area contributed by atoms with Crippen LogP contribution in [0.3, 0.4) is 0 Å². The van der Waals surface area contributed by atoms with Crippen molar-refractivity contribution in [3.63, 3.8) is 0 Å². The van der Waals surface area contributed by atoms with Gasteiger partial charge in [-0.2, -0.15) is 0 Å². The molecule has 0 amide bonds. The fourth-order valence-corrected chi connectivity index (χ4v) is 7.66. The molecule has 0 saturated heterocycles. The summed E-state index contributed by atoms with van der Waals surface area (Å²) in [7, 11) is 0. The van der Waals surface area contributed by atoms with Gasteiger partial charge in [-0.15, -0.1) is 40.8 Å². The Morgan fingerprint density at radius 2 is 1.36 bits per heavy atom. The van der Waals surface area contributed by atoms with Gasteiger partial charge < -0.3 is 14.1 Å². The molecule has 6 aromatic carbocycles. The van der Waals surface area contributed by atoms with E-state index in [4.69, 9.17) is 13.2 Å². The Bertz CT molecular complexity index is 2970. The molecule has 0 atom stereocenters. The summed E-state index contributed by atoms with van der Waals surface area (Å²) in [5.41, 5.74) is 11.5. The van der Waals surface area contributed by atoms with E-state index in [1.54, 1.807) is 23.5 Å². The average molecular weight is 923 g/mol. The molecular formula is C50H36IrN4S-2. The van der Waals surface area contributed by atoms with Gasteiger partial charge in [-0.1, -0.05) is 138 Å². The largest absolute Gasteiger partial charge is 0.332 e. The number of hydrogen-bond donors (Lipinski definition) is 0.